The fourth-order valence-electron chi connectivity index (χ4n) is 4.61. The predicted molar refractivity (Wildman–Crippen MR) is 133 cm³/mol. The van der Waals surface area contributed by atoms with E-state index in [0.29, 0.717) is 6.54 Å². The quantitative estimate of drug-likeness (QED) is 0.375. The molecule has 0 unspecified atom stereocenters. The molecule has 0 aromatic heterocycles. The van der Waals surface area contributed by atoms with E-state index in [1.54, 1.807) is 19.2 Å². The molecule has 1 fully saturated rings. The molecule has 34 heavy (non-hydrogen) atoms. The van der Waals surface area contributed by atoms with E-state index in [9.17, 15) is 8.42 Å². The molecule has 4 aromatic rings. The molecule has 0 amide bonds. The van der Waals surface area contributed by atoms with Crippen molar-refractivity contribution in [3.05, 3.63) is 108 Å². The van der Waals surface area contributed by atoms with Crippen LogP contribution in [0.25, 0.3) is 10.8 Å². The summed E-state index contributed by atoms with van der Waals surface area (Å²) >= 11 is 0. The van der Waals surface area contributed by atoms with Crippen molar-refractivity contribution in [2.75, 3.05) is 20.4 Å². The van der Waals surface area contributed by atoms with Crippen molar-refractivity contribution in [1.29, 1.82) is 0 Å². The van der Waals surface area contributed by atoms with Crippen molar-refractivity contribution in [1.82, 2.24) is 4.31 Å². The Balaban J connectivity index is 1.56. The normalized spacial score (nSPS) is 19.2. The summed E-state index contributed by atoms with van der Waals surface area (Å²) in [5.74, 6) is 0.567. The third kappa shape index (κ3) is 4.20. The zero-order valence-electron chi connectivity index (χ0n) is 19.2. The van der Waals surface area contributed by atoms with Gasteiger partial charge in [-0.2, -0.15) is 4.31 Å². The van der Waals surface area contributed by atoms with E-state index in [2.05, 4.69) is 24.3 Å². The van der Waals surface area contributed by atoms with Gasteiger partial charge in [-0.25, -0.2) is 8.42 Å². The van der Waals surface area contributed by atoms with E-state index in [1.165, 1.54) is 4.31 Å². The maximum atomic E-state index is 13.5. The lowest BCUT2D eigenvalue weighted by Gasteiger charge is -2.38. The average molecular weight is 474 g/mol. The molecule has 0 saturated carbocycles. The number of benzene rings is 4. The molecule has 0 spiro atoms. The van der Waals surface area contributed by atoms with Gasteiger partial charge >= 0.3 is 0 Å². The summed E-state index contributed by atoms with van der Waals surface area (Å²) in [5.41, 5.74) is 3.08. The Morgan fingerprint density at radius 1 is 0.882 bits per heavy atom. The lowest BCUT2D eigenvalue weighted by molar-refractivity contribution is -0.0503. The van der Waals surface area contributed by atoms with Gasteiger partial charge in [-0.1, -0.05) is 72.3 Å². The van der Waals surface area contributed by atoms with Gasteiger partial charge in [0.15, 0.2) is 0 Å². The predicted octanol–water partition coefficient (Wildman–Crippen LogP) is 5.66. The lowest BCUT2D eigenvalue weighted by Crippen LogP contribution is -2.43. The molecule has 0 bridgehead atoms. The largest absolute Gasteiger partial charge is 0.497 e. The molecule has 2 atom stereocenters. The molecule has 1 aliphatic rings. The Kier molecular flexibility index (Phi) is 6.13. The van der Waals surface area contributed by atoms with E-state index < -0.39 is 10.0 Å². The summed E-state index contributed by atoms with van der Waals surface area (Å²) in [6.45, 7) is 2.25. The minimum atomic E-state index is -3.70. The Morgan fingerprint density at radius 2 is 1.59 bits per heavy atom. The summed E-state index contributed by atoms with van der Waals surface area (Å²) in [7, 11) is -2.06. The van der Waals surface area contributed by atoms with Crippen molar-refractivity contribution in [2.45, 2.75) is 23.8 Å². The first kappa shape index (κ1) is 22.6. The Bertz CT molecular complexity index is 1390. The number of nitrogens with zero attached hydrogens (tertiary/aromatic N) is 1. The van der Waals surface area contributed by atoms with Crippen LogP contribution in [0.4, 0.5) is 0 Å². The third-order valence-corrected chi connectivity index (χ3v) is 8.30. The SMILES string of the molecule is COc1ccc([C@H]2CN(S(=O)(=O)c3ccc(C)cc3)CO[C@@H]2c2cccc3ccccc23)cc1. The number of hydrogen-bond donors (Lipinski definition) is 0. The molecule has 0 aliphatic carbocycles. The van der Waals surface area contributed by atoms with Gasteiger partial charge in [-0.3, -0.25) is 0 Å². The summed E-state index contributed by atoms with van der Waals surface area (Å²) in [6.07, 6.45) is -0.288. The van der Waals surface area contributed by atoms with Crippen LogP contribution in [-0.4, -0.2) is 33.1 Å². The van der Waals surface area contributed by atoms with Crippen LogP contribution in [0.1, 0.15) is 28.7 Å². The van der Waals surface area contributed by atoms with Crippen molar-refractivity contribution in [3.63, 3.8) is 0 Å². The van der Waals surface area contributed by atoms with Crippen LogP contribution in [0.5, 0.6) is 5.75 Å². The molecule has 1 aliphatic heterocycles. The van der Waals surface area contributed by atoms with Crippen molar-refractivity contribution < 1.29 is 17.9 Å². The van der Waals surface area contributed by atoms with Crippen LogP contribution in [0.3, 0.4) is 0 Å². The first-order valence-corrected chi connectivity index (χ1v) is 12.7. The van der Waals surface area contributed by atoms with E-state index >= 15 is 0 Å². The van der Waals surface area contributed by atoms with Crippen LogP contribution < -0.4 is 4.74 Å². The van der Waals surface area contributed by atoms with Crippen LogP contribution in [0, 0.1) is 6.92 Å². The highest BCUT2D eigenvalue weighted by molar-refractivity contribution is 7.89. The summed E-state index contributed by atoms with van der Waals surface area (Å²) in [6, 6.07) is 29.1. The second-order valence-electron chi connectivity index (χ2n) is 8.62. The van der Waals surface area contributed by atoms with Gasteiger partial charge in [-0.15, -0.1) is 0 Å². The second-order valence-corrected chi connectivity index (χ2v) is 10.6. The highest BCUT2D eigenvalue weighted by Gasteiger charge is 2.38. The Hall–Kier alpha value is -3.19. The first-order chi connectivity index (χ1) is 16.5. The van der Waals surface area contributed by atoms with E-state index in [1.807, 2.05) is 61.5 Å². The molecule has 4 aromatic carbocycles. The van der Waals surface area contributed by atoms with Crippen LogP contribution in [0.2, 0.25) is 0 Å². The summed E-state index contributed by atoms with van der Waals surface area (Å²) < 4.78 is 40.0. The molecule has 1 heterocycles. The van der Waals surface area contributed by atoms with Gasteiger partial charge in [-0.05, 0) is 53.1 Å². The van der Waals surface area contributed by atoms with Gasteiger partial charge in [0, 0.05) is 12.5 Å². The number of fused-ring (bicyclic) bond motifs is 1. The molecular weight excluding hydrogens is 446 g/mol. The molecule has 0 N–H and O–H groups in total. The monoisotopic (exact) mass is 473 g/mol. The van der Waals surface area contributed by atoms with Crippen LogP contribution in [0.15, 0.2) is 95.9 Å². The maximum Gasteiger partial charge on any atom is 0.245 e. The van der Waals surface area contributed by atoms with E-state index in [0.717, 1.165) is 33.2 Å². The minimum Gasteiger partial charge on any atom is -0.497 e. The fraction of sp³-hybridized carbons (Fsp3) is 0.214. The third-order valence-electron chi connectivity index (χ3n) is 6.50. The van der Waals surface area contributed by atoms with Crippen LogP contribution >= 0.6 is 0 Å². The van der Waals surface area contributed by atoms with Gasteiger partial charge in [0.25, 0.3) is 0 Å². The van der Waals surface area contributed by atoms with Gasteiger partial charge in [0.2, 0.25) is 10.0 Å². The van der Waals surface area contributed by atoms with Gasteiger partial charge in [0.05, 0.1) is 18.1 Å². The molecule has 5 nitrogen and oxygen atoms in total. The number of aryl methyl sites for hydroxylation is 1. The van der Waals surface area contributed by atoms with E-state index in [4.69, 9.17) is 9.47 Å². The number of ether oxygens (including phenoxy) is 2. The molecule has 0 radical (unpaired) electrons. The molecule has 1 saturated heterocycles. The number of sulfonamides is 1. The molecule has 5 rings (SSSR count). The molecule has 174 valence electrons. The molecule has 6 heteroatoms. The second kappa shape index (κ2) is 9.22. The highest BCUT2D eigenvalue weighted by atomic mass is 32.2. The first-order valence-electron chi connectivity index (χ1n) is 11.3. The highest BCUT2D eigenvalue weighted by Crippen LogP contribution is 2.42. The average Bonchev–Trinajstić information content (AvgIpc) is 2.88. The number of methoxy groups -OCH3 is 1. The van der Waals surface area contributed by atoms with Crippen molar-refractivity contribution in [2.24, 2.45) is 0 Å². The summed E-state index contributed by atoms with van der Waals surface area (Å²) in [5, 5.41) is 2.25. The number of rotatable bonds is 5. The van der Waals surface area contributed by atoms with Gasteiger partial charge in [0.1, 0.15) is 12.5 Å². The van der Waals surface area contributed by atoms with Crippen LogP contribution in [-0.2, 0) is 14.8 Å². The van der Waals surface area contributed by atoms with Gasteiger partial charge < -0.3 is 9.47 Å². The topological polar surface area (TPSA) is 55.8 Å². The van der Waals surface area contributed by atoms with Crippen molar-refractivity contribution >= 4 is 20.8 Å². The standard InChI is InChI=1S/C28H27NO4S/c1-20-10-16-24(17-11-20)34(30,31)29-18-27(22-12-14-23(32-2)15-13-22)28(33-19-29)26-9-5-7-21-6-3-4-8-25(21)26/h3-17,27-28H,18-19H2,1-2H3/t27-,28-/m1/s1. The lowest BCUT2D eigenvalue weighted by atomic mass is 9.86. The maximum absolute atomic E-state index is 13.5. The summed E-state index contributed by atoms with van der Waals surface area (Å²) in [4.78, 5) is 0.277. The smallest absolute Gasteiger partial charge is 0.245 e. The Morgan fingerprint density at radius 3 is 2.32 bits per heavy atom. The number of hydrogen-bond acceptors (Lipinski definition) is 4. The minimum absolute atomic E-state index is 0.00322. The zero-order valence-corrected chi connectivity index (χ0v) is 20.0. The fourth-order valence-corrected chi connectivity index (χ4v) is 5.95. The Labute approximate surface area is 200 Å². The van der Waals surface area contributed by atoms with Crippen molar-refractivity contribution in [3.8, 4) is 5.75 Å². The van der Waals surface area contributed by atoms with E-state index in [-0.39, 0.29) is 23.6 Å². The molecular formula is C28H27NO4S. The zero-order chi connectivity index (χ0) is 23.7.